The molecular weight excluding hydrogens is 436 g/mol. The largest absolute Gasteiger partial charge is 0.480 e. The number of methoxy groups -OCH3 is 1. The monoisotopic (exact) mass is 466 g/mol. The summed E-state index contributed by atoms with van der Waals surface area (Å²) in [5.74, 6) is 1.59. The standard InChI is InChI=1S/C24H30N6O4/c1-24(2,3)34-23(32)29(4)20-13-19(27-17-10-7-11-25-22(17)33-5)28-21-16(14-26-30(20)21)18(31)12-15-8-6-9-15/h7,10-11,13-15H,6,8-9,12H2,1-5H3,(H,27,28). The summed E-state index contributed by atoms with van der Waals surface area (Å²) >= 11 is 0. The van der Waals surface area contributed by atoms with Gasteiger partial charge in [0, 0.05) is 25.7 Å². The molecule has 180 valence electrons. The van der Waals surface area contributed by atoms with Gasteiger partial charge in [0.05, 0.1) is 18.9 Å². The lowest BCUT2D eigenvalue weighted by molar-refractivity contribution is 0.0587. The third-order valence-corrected chi connectivity index (χ3v) is 5.69. The molecule has 0 radical (unpaired) electrons. The molecule has 10 heteroatoms. The molecule has 10 nitrogen and oxygen atoms in total. The maximum absolute atomic E-state index is 13.0. The van der Waals surface area contributed by atoms with Gasteiger partial charge in [-0.2, -0.15) is 9.61 Å². The summed E-state index contributed by atoms with van der Waals surface area (Å²) in [6.45, 7) is 5.40. The summed E-state index contributed by atoms with van der Waals surface area (Å²) in [4.78, 5) is 36.1. The van der Waals surface area contributed by atoms with E-state index in [-0.39, 0.29) is 5.78 Å². The predicted octanol–water partition coefficient (Wildman–Crippen LogP) is 4.62. The molecule has 0 bridgehead atoms. The van der Waals surface area contributed by atoms with Gasteiger partial charge in [0.15, 0.2) is 11.4 Å². The van der Waals surface area contributed by atoms with Crippen molar-refractivity contribution in [3.8, 4) is 5.88 Å². The quantitative estimate of drug-likeness (QED) is 0.502. The third-order valence-electron chi connectivity index (χ3n) is 5.69. The zero-order chi connectivity index (χ0) is 24.5. The molecule has 3 aromatic heterocycles. The van der Waals surface area contributed by atoms with Crippen LogP contribution in [0.5, 0.6) is 5.88 Å². The molecule has 0 spiro atoms. The molecular formula is C24H30N6O4. The van der Waals surface area contributed by atoms with Crippen molar-refractivity contribution in [1.29, 1.82) is 0 Å². The Morgan fingerprint density at radius 1 is 1.29 bits per heavy atom. The van der Waals surface area contributed by atoms with Crippen molar-refractivity contribution >= 4 is 34.8 Å². The second-order valence-corrected chi connectivity index (χ2v) is 9.44. The first-order valence-electron chi connectivity index (χ1n) is 11.3. The summed E-state index contributed by atoms with van der Waals surface area (Å²) < 4.78 is 12.4. The van der Waals surface area contributed by atoms with Gasteiger partial charge in [0.25, 0.3) is 0 Å². The molecule has 0 saturated heterocycles. The van der Waals surface area contributed by atoms with Crippen LogP contribution in [0, 0.1) is 5.92 Å². The highest BCUT2D eigenvalue weighted by Gasteiger charge is 2.27. The number of nitrogens with zero attached hydrogens (tertiary/aromatic N) is 5. The molecule has 3 heterocycles. The lowest BCUT2D eigenvalue weighted by Crippen LogP contribution is -2.35. The van der Waals surface area contributed by atoms with Crippen molar-refractivity contribution in [2.24, 2.45) is 5.92 Å². The van der Waals surface area contributed by atoms with E-state index in [1.165, 1.54) is 22.7 Å². The van der Waals surface area contributed by atoms with Crippen LogP contribution in [-0.2, 0) is 4.74 Å². The number of carbonyl (C=O) groups is 2. The fourth-order valence-electron chi connectivity index (χ4n) is 3.73. The number of hydrogen-bond donors (Lipinski definition) is 1. The zero-order valence-electron chi connectivity index (χ0n) is 20.2. The number of amides is 1. The van der Waals surface area contributed by atoms with Crippen LogP contribution in [0.15, 0.2) is 30.6 Å². The molecule has 1 fully saturated rings. The third kappa shape index (κ3) is 4.95. The van der Waals surface area contributed by atoms with Crippen molar-refractivity contribution in [3.05, 3.63) is 36.2 Å². The summed E-state index contributed by atoms with van der Waals surface area (Å²) in [7, 11) is 3.12. The Bertz CT molecular complexity index is 1210. The van der Waals surface area contributed by atoms with Gasteiger partial charge in [-0.15, -0.1) is 0 Å². The number of aromatic nitrogens is 4. The molecule has 1 amide bonds. The van der Waals surface area contributed by atoms with Gasteiger partial charge >= 0.3 is 6.09 Å². The first kappa shape index (κ1) is 23.5. The minimum atomic E-state index is -0.671. The Balaban J connectivity index is 1.77. The van der Waals surface area contributed by atoms with Gasteiger partial charge in [-0.1, -0.05) is 19.3 Å². The normalized spacial score (nSPS) is 13.9. The van der Waals surface area contributed by atoms with Crippen LogP contribution in [-0.4, -0.2) is 51.2 Å². The Kier molecular flexibility index (Phi) is 6.41. The maximum Gasteiger partial charge on any atom is 0.415 e. The van der Waals surface area contributed by atoms with Crippen molar-refractivity contribution < 1.29 is 19.1 Å². The fraction of sp³-hybridized carbons (Fsp3) is 0.458. The number of Topliss-reactive ketones (excluding diaryl/α,β-unsaturated/α-hetero) is 1. The molecule has 34 heavy (non-hydrogen) atoms. The van der Waals surface area contributed by atoms with Crippen LogP contribution in [0.1, 0.15) is 56.8 Å². The lowest BCUT2D eigenvalue weighted by atomic mass is 9.81. The minimum absolute atomic E-state index is 0.00539. The van der Waals surface area contributed by atoms with Crippen LogP contribution in [0.3, 0.4) is 0 Å². The predicted molar refractivity (Wildman–Crippen MR) is 128 cm³/mol. The number of fused-ring (bicyclic) bond motifs is 1. The van der Waals surface area contributed by atoms with E-state index in [9.17, 15) is 9.59 Å². The molecule has 0 aromatic carbocycles. The molecule has 1 N–H and O–H groups in total. The molecule has 1 saturated carbocycles. The topological polar surface area (TPSA) is 111 Å². The van der Waals surface area contributed by atoms with Gasteiger partial charge in [-0.05, 0) is 38.8 Å². The van der Waals surface area contributed by atoms with E-state index in [0.29, 0.717) is 46.8 Å². The first-order chi connectivity index (χ1) is 16.2. The van der Waals surface area contributed by atoms with Gasteiger partial charge in [-0.3, -0.25) is 9.69 Å². The van der Waals surface area contributed by atoms with Crippen molar-refractivity contribution in [1.82, 2.24) is 19.6 Å². The van der Waals surface area contributed by atoms with Crippen LogP contribution in [0.2, 0.25) is 0 Å². The SMILES string of the molecule is COc1ncccc1Nc1cc(N(C)C(=O)OC(C)(C)C)n2ncc(C(=O)CC3CCC3)c2n1. The minimum Gasteiger partial charge on any atom is -0.480 e. The Hall–Kier alpha value is -3.69. The average molecular weight is 467 g/mol. The van der Waals surface area contributed by atoms with E-state index in [0.717, 1.165) is 19.3 Å². The van der Waals surface area contributed by atoms with E-state index < -0.39 is 11.7 Å². The number of pyridine rings is 1. The van der Waals surface area contributed by atoms with Crippen LogP contribution < -0.4 is 15.0 Å². The molecule has 3 aromatic rings. The average Bonchev–Trinajstić information content (AvgIpc) is 3.18. The summed E-state index contributed by atoms with van der Waals surface area (Å²) in [5.41, 5.74) is 0.708. The van der Waals surface area contributed by atoms with Gasteiger partial charge in [0.2, 0.25) is 5.88 Å². The Morgan fingerprint density at radius 3 is 2.71 bits per heavy atom. The van der Waals surface area contributed by atoms with Gasteiger partial charge < -0.3 is 14.8 Å². The molecule has 0 unspecified atom stereocenters. The van der Waals surface area contributed by atoms with E-state index >= 15 is 0 Å². The molecule has 4 rings (SSSR count). The number of rotatable bonds is 7. The Morgan fingerprint density at radius 2 is 2.06 bits per heavy atom. The van der Waals surface area contributed by atoms with Gasteiger partial charge in [-0.25, -0.2) is 14.8 Å². The number of carbonyl (C=O) groups excluding carboxylic acids is 2. The number of ketones is 1. The highest BCUT2D eigenvalue weighted by Crippen LogP contribution is 2.32. The van der Waals surface area contributed by atoms with Crippen molar-refractivity contribution in [2.45, 2.75) is 52.1 Å². The summed E-state index contributed by atoms with van der Waals surface area (Å²) in [5, 5.41) is 7.58. The molecule has 0 aliphatic heterocycles. The van der Waals surface area contributed by atoms with Gasteiger partial charge in [0.1, 0.15) is 22.9 Å². The number of anilines is 3. The highest BCUT2D eigenvalue weighted by atomic mass is 16.6. The number of ether oxygens (including phenoxy) is 2. The van der Waals surface area contributed by atoms with Crippen LogP contribution in [0.25, 0.3) is 5.65 Å². The first-order valence-corrected chi connectivity index (χ1v) is 11.3. The van der Waals surface area contributed by atoms with E-state index in [1.54, 1.807) is 52.2 Å². The molecule has 0 atom stereocenters. The summed E-state index contributed by atoms with van der Waals surface area (Å²) in [6.07, 6.45) is 6.35. The van der Waals surface area contributed by atoms with Crippen molar-refractivity contribution in [2.75, 3.05) is 24.4 Å². The lowest BCUT2D eigenvalue weighted by Gasteiger charge is -2.25. The van der Waals surface area contributed by atoms with E-state index in [4.69, 9.17) is 9.47 Å². The van der Waals surface area contributed by atoms with Crippen LogP contribution >= 0.6 is 0 Å². The second-order valence-electron chi connectivity index (χ2n) is 9.44. The number of hydrogen-bond acceptors (Lipinski definition) is 8. The maximum atomic E-state index is 13.0. The summed E-state index contributed by atoms with van der Waals surface area (Å²) in [6, 6.07) is 5.23. The molecule has 1 aliphatic carbocycles. The zero-order valence-corrected chi connectivity index (χ0v) is 20.2. The Labute approximate surface area is 198 Å². The van der Waals surface area contributed by atoms with E-state index in [1.807, 2.05) is 0 Å². The molecule has 1 aliphatic rings. The van der Waals surface area contributed by atoms with Crippen LogP contribution in [0.4, 0.5) is 22.1 Å². The number of nitrogens with one attached hydrogen (secondary N) is 1. The second kappa shape index (κ2) is 9.28. The smallest absolute Gasteiger partial charge is 0.415 e. The van der Waals surface area contributed by atoms with Crippen molar-refractivity contribution in [3.63, 3.8) is 0 Å². The fourth-order valence-corrected chi connectivity index (χ4v) is 3.73. The highest BCUT2D eigenvalue weighted by molar-refractivity contribution is 6.02. The van der Waals surface area contributed by atoms with E-state index in [2.05, 4.69) is 20.4 Å².